The smallest absolute Gasteiger partial charge is 0.191 e. The van der Waals surface area contributed by atoms with Gasteiger partial charge in [-0.2, -0.15) is 0 Å². The summed E-state index contributed by atoms with van der Waals surface area (Å²) in [6, 6.07) is 10.2. The Morgan fingerprint density at radius 1 is 1.12 bits per heavy atom. The van der Waals surface area contributed by atoms with Gasteiger partial charge in [-0.25, -0.2) is 4.98 Å². The van der Waals surface area contributed by atoms with Crippen molar-refractivity contribution in [2.24, 2.45) is 4.99 Å². The number of pyridine rings is 1. The predicted octanol–water partition coefficient (Wildman–Crippen LogP) is 3.87. The molecule has 0 aliphatic carbocycles. The Morgan fingerprint density at radius 2 is 1.96 bits per heavy atom. The zero-order valence-corrected chi connectivity index (χ0v) is 16.9. The van der Waals surface area contributed by atoms with Crippen molar-refractivity contribution in [1.82, 2.24) is 15.6 Å². The lowest BCUT2D eigenvalue weighted by atomic mass is 9.92. The molecule has 0 aromatic carbocycles. The van der Waals surface area contributed by atoms with Crippen molar-refractivity contribution in [3.05, 3.63) is 46.8 Å². The van der Waals surface area contributed by atoms with E-state index in [2.05, 4.69) is 59.2 Å². The lowest BCUT2D eigenvalue weighted by Crippen LogP contribution is -2.39. The number of aliphatic imine (C=N–C) groups is 1. The van der Waals surface area contributed by atoms with Crippen LogP contribution in [0.25, 0.3) is 0 Å². The summed E-state index contributed by atoms with van der Waals surface area (Å²) in [6.07, 6.45) is 3.98. The second kappa shape index (κ2) is 10.8. The van der Waals surface area contributed by atoms with Crippen LogP contribution in [0.4, 0.5) is 5.82 Å². The average molecular weight is 374 g/mol. The summed E-state index contributed by atoms with van der Waals surface area (Å²) in [4.78, 5) is 10.4. The molecular formula is C20H31N5S. The van der Waals surface area contributed by atoms with Crippen LogP contribution in [-0.2, 0) is 5.41 Å². The fourth-order valence-corrected chi connectivity index (χ4v) is 3.35. The summed E-state index contributed by atoms with van der Waals surface area (Å²) in [5.41, 5.74) is 0.0587. The second-order valence-corrected chi connectivity index (χ2v) is 7.78. The molecule has 0 aliphatic rings. The topological polar surface area (TPSA) is 61.3 Å². The Labute approximate surface area is 161 Å². The summed E-state index contributed by atoms with van der Waals surface area (Å²) in [6.45, 7) is 10.1. The first-order chi connectivity index (χ1) is 12.6. The Balaban J connectivity index is 1.70. The molecule has 3 N–H and O–H groups in total. The third kappa shape index (κ3) is 7.04. The van der Waals surface area contributed by atoms with Gasteiger partial charge in [0, 0.05) is 36.1 Å². The van der Waals surface area contributed by atoms with Crippen LogP contribution in [0.2, 0.25) is 0 Å². The molecule has 2 rings (SSSR count). The van der Waals surface area contributed by atoms with Gasteiger partial charge in [0.2, 0.25) is 0 Å². The summed E-state index contributed by atoms with van der Waals surface area (Å²) in [5, 5.41) is 12.2. The molecule has 0 unspecified atom stereocenters. The van der Waals surface area contributed by atoms with E-state index in [9.17, 15) is 0 Å². The minimum Gasteiger partial charge on any atom is -0.370 e. The number of hydrogen-bond donors (Lipinski definition) is 3. The Kier molecular flexibility index (Phi) is 8.41. The van der Waals surface area contributed by atoms with Crippen molar-refractivity contribution in [1.29, 1.82) is 0 Å². The quantitative estimate of drug-likeness (QED) is 0.336. The number of hydrogen-bond acceptors (Lipinski definition) is 4. The van der Waals surface area contributed by atoms with Gasteiger partial charge >= 0.3 is 0 Å². The number of unbranched alkanes of at least 4 members (excludes halogenated alkanes) is 1. The Hall–Kier alpha value is -2.08. The van der Waals surface area contributed by atoms with E-state index in [1.807, 2.05) is 18.2 Å². The van der Waals surface area contributed by atoms with Crippen LogP contribution in [0.5, 0.6) is 0 Å². The molecular weight excluding hydrogens is 342 g/mol. The maximum atomic E-state index is 4.78. The monoisotopic (exact) mass is 373 g/mol. The first-order valence-corrected chi connectivity index (χ1v) is 10.2. The molecule has 0 aliphatic heterocycles. The molecule has 0 radical (unpaired) electrons. The van der Waals surface area contributed by atoms with Crippen molar-refractivity contribution in [3.8, 4) is 0 Å². The highest BCUT2D eigenvalue weighted by molar-refractivity contribution is 7.10. The van der Waals surface area contributed by atoms with E-state index >= 15 is 0 Å². The molecule has 6 heteroatoms. The molecule has 26 heavy (non-hydrogen) atoms. The lowest BCUT2D eigenvalue weighted by molar-refractivity contribution is 0.548. The number of guanidine groups is 1. The van der Waals surface area contributed by atoms with Gasteiger partial charge in [0.25, 0.3) is 0 Å². The SMILES string of the molecule is CCNC(=NCC(C)(C)c1cccs1)NCCCCNc1ccccn1. The molecule has 0 amide bonds. The predicted molar refractivity (Wildman–Crippen MR) is 113 cm³/mol. The highest BCUT2D eigenvalue weighted by Gasteiger charge is 2.21. The van der Waals surface area contributed by atoms with Gasteiger partial charge in [0.15, 0.2) is 5.96 Å². The summed E-state index contributed by atoms with van der Waals surface area (Å²) in [5.74, 6) is 1.83. The number of nitrogens with zero attached hydrogens (tertiary/aromatic N) is 2. The number of aromatic nitrogens is 1. The maximum absolute atomic E-state index is 4.78. The van der Waals surface area contributed by atoms with Crippen LogP contribution in [0.1, 0.15) is 38.5 Å². The molecule has 0 spiro atoms. The zero-order valence-electron chi connectivity index (χ0n) is 16.1. The zero-order chi connectivity index (χ0) is 18.7. The highest BCUT2D eigenvalue weighted by atomic mass is 32.1. The van der Waals surface area contributed by atoms with E-state index < -0.39 is 0 Å². The van der Waals surface area contributed by atoms with Crippen LogP contribution in [0.3, 0.4) is 0 Å². The molecule has 0 fully saturated rings. The molecule has 0 bridgehead atoms. The Bertz CT molecular complexity index is 637. The van der Waals surface area contributed by atoms with Crippen molar-refractivity contribution < 1.29 is 0 Å². The molecule has 2 aromatic heterocycles. The fourth-order valence-electron chi connectivity index (χ4n) is 2.50. The van der Waals surface area contributed by atoms with Gasteiger partial charge in [-0.3, -0.25) is 4.99 Å². The second-order valence-electron chi connectivity index (χ2n) is 6.83. The van der Waals surface area contributed by atoms with Gasteiger partial charge < -0.3 is 16.0 Å². The summed E-state index contributed by atoms with van der Waals surface area (Å²) < 4.78 is 0. The van der Waals surface area contributed by atoms with E-state index in [0.717, 1.165) is 50.8 Å². The molecule has 142 valence electrons. The number of rotatable bonds is 10. The van der Waals surface area contributed by atoms with Crippen molar-refractivity contribution in [2.45, 2.75) is 39.0 Å². The third-order valence-electron chi connectivity index (χ3n) is 4.03. The van der Waals surface area contributed by atoms with Crippen LogP contribution < -0.4 is 16.0 Å². The van der Waals surface area contributed by atoms with Gasteiger partial charge in [-0.15, -0.1) is 11.3 Å². The molecule has 0 saturated carbocycles. The fraction of sp³-hybridized carbons (Fsp3) is 0.500. The first-order valence-electron chi connectivity index (χ1n) is 9.33. The van der Waals surface area contributed by atoms with E-state index in [-0.39, 0.29) is 5.41 Å². The number of thiophene rings is 1. The first kappa shape index (κ1) is 20.2. The molecule has 2 heterocycles. The van der Waals surface area contributed by atoms with Crippen molar-refractivity contribution >= 4 is 23.1 Å². The van der Waals surface area contributed by atoms with E-state index in [0.29, 0.717) is 0 Å². The normalized spacial score (nSPS) is 12.0. The minimum atomic E-state index is 0.0587. The van der Waals surface area contributed by atoms with E-state index in [1.165, 1.54) is 4.88 Å². The third-order valence-corrected chi connectivity index (χ3v) is 5.27. The highest BCUT2D eigenvalue weighted by Crippen LogP contribution is 2.27. The van der Waals surface area contributed by atoms with E-state index in [4.69, 9.17) is 4.99 Å². The molecule has 0 atom stereocenters. The average Bonchev–Trinajstić information content (AvgIpc) is 3.19. The Morgan fingerprint density at radius 3 is 2.65 bits per heavy atom. The van der Waals surface area contributed by atoms with Gasteiger partial charge in [-0.1, -0.05) is 26.0 Å². The standard InChI is InChI=1S/C20H31N5S/c1-4-21-19(25-16-20(2,3)17-10-9-15-26-17)24-14-8-7-13-23-18-11-5-6-12-22-18/h5-6,9-12,15H,4,7-8,13-14,16H2,1-3H3,(H,22,23)(H2,21,24,25). The number of anilines is 1. The van der Waals surface area contributed by atoms with Gasteiger partial charge in [-0.05, 0) is 43.3 Å². The van der Waals surface area contributed by atoms with E-state index in [1.54, 1.807) is 17.5 Å². The minimum absolute atomic E-state index is 0.0587. The largest absolute Gasteiger partial charge is 0.370 e. The van der Waals surface area contributed by atoms with Gasteiger partial charge in [0.1, 0.15) is 5.82 Å². The summed E-state index contributed by atoms with van der Waals surface area (Å²) in [7, 11) is 0. The molecule has 0 saturated heterocycles. The number of nitrogens with one attached hydrogen (secondary N) is 3. The molecule has 5 nitrogen and oxygen atoms in total. The summed E-state index contributed by atoms with van der Waals surface area (Å²) >= 11 is 1.80. The maximum Gasteiger partial charge on any atom is 0.191 e. The van der Waals surface area contributed by atoms with Crippen LogP contribution in [0.15, 0.2) is 46.9 Å². The molecule has 2 aromatic rings. The van der Waals surface area contributed by atoms with Gasteiger partial charge in [0.05, 0.1) is 6.54 Å². The van der Waals surface area contributed by atoms with Crippen LogP contribution in [0, 0.1) is 0 Å². The van der Waals surface area contributed by atoms with Crippen LogP contribution in [-0.4, -0.2) is 37.1 Å². The van der Waals surface area contributed by atoms with Crippen molar-refractivity contribution in [3.63, 3.8) is 0 Å². The lowest BCUT2D eigenvalue weighted by Gasteiger charge is -2.21. The van der Waals surface area contributed by atoms with Crippen LogP contribution >= 0.6 is 11.3 Å². The van der Waals surface area contributed by atoms with Crippen molar-refractivity contribution in [2.75, 3.05) is 31.5 Å².